The summed E-state index contributed by atoms with van der Waals surface area (Å²) in [5.41, 5.74) is 0.848. The highest BCUT2D eigenvalue weighted by molar-refractivity contribution is 7.89. The molecule has 0 radical (unpaired) electrons. The van der Waals surface area contributed by atoms with Gasteiger partial charge in [0.1, 0.15) is 0 Å². The van der Waals surface area contributed by atoms with Crippen molar-refractivity contribution in [1.82, 2.24) is 15.0 Å². The number of amides is 1. The minimum Gasteiger partial charge on any atom is -0.350 e. The van der Waals surface area contributed by atoms with Crippen LogP contribution in [0.2, 0.25) is 0 Å². The number of hydrogen-bond acceptors (Lipinski definition) is 6. The van der Waals surface area contributed by atoms with Crippen LogP contribution in [0.15, 0.2) is 40.7 Å². The van der Waals surface area contributed by atoms with Crippen molar-refractivity contribution in [2.24, 2.45) is 0 Å². The number of nitrogens with one attached hydrogen (secondary N) is 2. The molecule has 1 aromatic heterocycles. The minimum atomic E-state index is -3.69. The number of carbonyl (C=O) groups is 1. The van der Waals surface area contributed by atoms with Gasteiger partial charge in [-0.2, -0.15) is 0 Å². The summed E-state index contributed by atoms with van der Waals surface area (Å²) in [6.07, 6.45) is 2.57. The monoisotopic (exact) mass is 380 g/mol. The molecular weight excluding hydrogens is 360 g/mol. The Labute approximate surface area is 151 Å². The molecule has 0 saturated carbocycles. The molecule has 25 heavy (non-hydrogen) atoms. The van der Waals surface area contributed by atoms with E-state index in [1.54, 1.807) is 29.7 Å². The van der Waals surface area contributed by atoms with Crippen molar-refractivity contribution in [2.75, 3.05) is 24.5 Å². The van der Waals surface area contributed by atoms with E-state index in [0.717, 1.165) is 23.7 Å². The second kappa shape index (κ2) is 7.51. The number of carbonyl (C=O) groups excluding carboxylic acids is 1. The number of nitrogens with zero attached hydrogens (tertiary/aromatic N) is 2. The Morgan fingerprint density at radius 3 is 3.00 bits per heavy atom. The Morgan fingerprint density at radius 1 is 1.44 bits per heavy atom. The predicted octanol–water partition coefficient (Wildman–Crippen LogP) is 1.12. The van der Waals surface area contributed by atoms with Crippen LogP contribution in [0.25, 0.3) is 0 Å². The molecule has 0 bridgehead atoms. The lowest BCUT2D eigenvalue weighted by Crippen LogP contribution is -2.43. The Kier molecular flexibility index (Phi) is 5.36. The first kappa shape index (κ1) is 17.8. The van der Waals surface area contributed by atoms with Crippen LogP contribution in [0.1, 0.15) is 12.0 Å². The van der Waals surface area contributed by atoms with Gasteiger partial charge >= 0.3 is 0 Å². The van der Waals surface area contributed by atoms with Gasteiger partial charge in [0.15, 0.2) is 5.13 Å². The highest BCUT2D eigenvalue weighted by Gasteiger charge is 2.25. The van der Waals surface area contributed by atoms with E-state index >= 15 is 0 Å². The fourth-order valence-electron chi connectivity index (χ4n) is 2.73. The Bertz CT molecular complexity index is 837. The summed E-state index contributed by atoms with van der Waals surface area (Å²) < 4.78 is 26.8. The summed E-state index contributed by atoms with van der Waals surface area (Å²) in [5.74, 6) is -0.331. The van der Waals surface area contributed by atoms with Crippen molar-refractivity contribution in [3.05, 3.63) is 41.4 Å². The lowest BCUT2D eigenvalue weighted by Gasteiger charge is -2.16. The van der Waals surface area contributed by atoms with Crippen LogP contribution in [0.5, 0.6) is 0 Å². The zero-order chi connectivity index (χ0) is 17.9. The van der Waals surface area contributed by atoms with Gasteiger partial charge in [-0.05, 0) is 31.0 Å². The molecular formula is C16H20N4O3S2. The lowest BCUT2D eigenvalue weighted by molar-refractivity contribution is -0.120. The molecule has 1 aromatic carbocycles. The maximum absolute atomic E-state index is 12.2. The van der Waals surface area contributed by atoms with Gasteiger partial charge in [-0.3, -0.25) is 4.79 Å². The standard InChI is InChI=1S/C16H20N4O3S2/c1-12-3-2-4-14(9-12)25(22,23)18-10-15(21)19-13-5-7-20(11-13)16-17-6-8-24-16/h2-4,6,8-9,13,18H,5,7,10-11H2,1H3,(H,19,21). The second-order valence-corrected chi connectivity index (χ2v) is 8.59. The number of anilines is 1. The minimum absolute atomic E-state index is 0.000117. The number of hydrogen-bond donors (Lipinski definition) is 2. The van der Waals surface area contributed by atoms with Crippen molar-refractivity contribution in [2.45, 2.75) is 24.3 Å². The first-order chi connectivity index (χ1) is 11.9. The van der Waals surface area contributed by atoms with Gasteiger partial charge < -0.3 is 10.2 Å². The zero-order valence-electron chi connectivity index (χ0n) is 13.8. The molecule has 3 rings (SSSR count). The van der Waals surface area contributed by atoms with Crippen LogP contribution >= 0.6 is 11.3 Å². The van der Waals surface area contributed by atoms with Crippen LogP contribution in [0, 0.1) is 6.92 Å². The fraction of sp³-hybridized carbons (Fsp3) is 0.375. The summed E-state index contributed by atoms with van der Waals surface area (Å²) in [4.78, 5) is 18.6. The zero-order valence-corrected chi connectivity index (χ0v) is 15.4. The van der Waals surface area contributed by atoms with E-state index in [2.05, 4.69) is 19.9 Å². The topological polar surface area (TPSA) is 91.4 Å². The molecule has 0 aliphatic carbocycles. The quantitative estimate of drug-likeness (QED) is 0.784. The van der Waals surface area contributed by atoms with Crippen molar-refractivity contribution in [3.63, 3.8) is 0 Å². The SMILES string of the molecule is Cc1cccc(S(=O)(=O)NCC(=O)NC2CCN(c3nccs3)C2)c1. The number of benzene rings is 1. The van der Waals surface area contributed by atoms with Crippen molar-refractivity contribution in [1.29, 1.82) is 0 Å². The first-order valence-corrected chi connectivity index (χ1v) is 10.3. The van der Waals surface area contributed by atoms with E-state index in [1.165, 1.54) is 6.07 Å². The number of sulfonamides is 1. The summed E-state index contributed by atoms with van der Waals surface area (Å²) in [5, 5.41) is 5.74. The van der Waals surface area contributed by atoms with E-state index < -0.39 is 10.0 Å². The van der Waals surface area contributed by atoms with Crippen LogP contribution in [0.4, 0.5) is 5.13 Å². The van der Waals surface area contributed by atoms with Gasteiger partial charge in [-0.25, -0.2) is 18.1 Å². The maximum Gasteiger partial charge on any atom is 0.241 e. The molecule has 0 spiro atoms. The van der Waals surface area contributed by atoms with Crippen LogP contribution in [-0.2, 0) is 14.8 Å². The van der Waals surface area contributed by atoms with Crippen molar-refractivity contribution in [3.8, 4) is 0 Å². The fourth-order valence-corrected chi connectivity index (χ4v) is 4.50. The van der Waals surface area contributed by atoms with Crippen LogP contribution in [0.3, 0.4) is 0 Å². The maximum atomic E-state index is 12.2. The average Bonchev–Trinajstić information content (AvgIpc) is 3.24. The van der Waals surface area contributed by atoms with Crippen LogP contribution < -0.4 is 14.9 Å². The number of thiazole rings is 1. The second-order valence-electron chi connectivity index (χ2n) is 5.95. The van der Waals surface area contributed by atoms with Crippen LogP contribution in [-0.4, -0.2) is 45.0 Å². The number of rotatable bonds is 6. The smallest absolute Gasteiger partial charge is 0.241 e. The Hall–Kier alpha value is -1.97. The van der Waals surface area contributed by atoms with Gasteiger partial charge in [0.2, 0.25) is 15.9 Å². The molecule has 1 unspecified atom stereocenters. The normalized spacial score (nSPS) is 17.6. The Balaban J connectivity index is 1.50. The molecule has 9 heteroatoms. The van der Waals surface area contributed by atoms with E-state index in [-0.39, 0.29) is 23.4 Å². The van der Waals surface area contributed by atoms with E-state index in [4.69, 9.17) is 0 Å². The van der Waals surface area contributed by atoms with Crippen molar-refractivity contribution >= 4 is 32.4 Å². The number of aromatic nitrogens is 1. The molecule has 134 valence electrons. The first-order valence-electron chi connectivity index (χ1n) is 7.94. The van der Waals surface area contributed by atoms with E-state index in [9.17, 15) is 13.2 Å². The number of aryl methyl sites for hydroxylation is 1. The molecule has 7 nitrogen and oxygen atoms in total. The van der Waals surface area contributed by atoms with Crippen molar-refractivity contribution < 1.29 is 13.2 Å². The third-order valence-electron chi connectivity index (χ3n) is 3.97. The van der Waals surface area contributed by atoms with E-state index in [0.29, 0.717) is 6.54 Å². The molecule has 1 saturated heterocycles. The largest absolute Gasteiger partial charge is 0.350 e. The predicted molar refractivity (Wildman–Crippen MR) is 97.2 cm³/mol. The van der Waals surface area contributed by atoms with Gasteiger partial charge in [0.05, 0.1) is 11.4 Å². The molecule has 1 aliphatic heterocycles. The van der Waals surface area contributed by atoms with Gasteiger partial charge in [-0.15, -0.1) is 11.3 Å². The molecule has 1 aliphatic rings. The molecule has 1 atom stereocenters. The van der Waals surface area contributed by atoms with Gasteiger partial charge in [0.25, 0.3) is 0 Å². The molecule has 2 aromatic rings. The summed E-state index contributed by atoms with van der Waals surface area (Å²) in [6, 6.07) is 6.58. The summed E-state index contributed by atoms with van der Waals surface area (Å²) in [6.45, 7) is 3.06. The average molecular weight is 380 g/mol. The highest BCUT2D eigenvalue weighted by atomic mass is 32.2. The highest BCUT2D eigenvalue weighted by Crippen LogP contribution is 2.22. The summed E-state index contributed by atoms with van der Waals surface area (Å²) in [7, 11) is -3.69. The molecule has 2 N–H and O–H groups in total. The lowest BCUT2D eigenvalue weighted by atomic mass is 10.2. The molecule has 1 amide bonds. The van der Waals surface area contributed by atoms with E-state index in [1.807, 2.05) is 18.4 Å². The summed E-state index contributed by atoms with van der Waals surface area (Å²) >= 11 is 1.56. The third-order valence-corrected chi connectivity index (χ3v) is 6.20. The Morgan fingerprint density at radius 2 is 2.28 bits per heavy atom. The molecule has 2 heterocycles. The van der Waals surface area contributed by atoms with Gasteiger partial charge in [0, 0.05) is 30.7 Å². The third kappa shape index (κ3) is 4.56. The molecule has 1 fully saturated rings. The van der Waals surface area contributed by atoms with Gasteiger partial charge in [-0.1, -0.05) is 12.1 Å².